The van der Waals surface area contributed by atoms with E-state index in [-0.39, 0.29) is 0 Å². The van der Waals surface area contributed by atoms with Crippen LogP contribution in [0.1, 0.15) is 26.2 Å². The summed E-state index contributed by atoms with van der Waals surface area (Å²) in [5.41, 5.74) is 0. The van der Waals surface area contributed by atoms with Gasteiger partial charge in [-0.15, -0.1) is 0 Å². The molecule has 0 unspecified atom stereocenters. The Morgan fingerprint density at radius 3 is 2.65 bits per heavy atom. The molecule has 2 rings (SSSR count). The molecule has 98 valence electrons. The van der Waals surface area contributed by atoms with E-state index in [1.54, 1.807) is 0 Å². The van der Waals surface area contributed by atoms with Crippen LogP contribution in [-0.4, -0.2) is 62.1 Å². The van der Waals surface area contributed by atoms with E-state index in [2.05, 4.69) is 34.1 Å². The van der Waals surface area contributed by atoms with Crippen molar-refractivity contribution in [2.45, 2.75) is 26.2 Å². The predicted octanol–water partition coefficient (Wildman–Crippen LogP) is 0.999. The molecule has 2 aliphatic rings. The van der Waals surface area contributed by atoms with Crippen molar-refractivity contribution in [3.8, 4) is 0 Å². The van der Waals surface area contributed by atoms with E-state index in [0.29, 0.717) is 0 Å². The lowest BCUT2D eigenvalue weighted by Gasteiger charge is -2.31. The minimum Gasteiger partial charge on any atom is -0.356 e. The summed E-state index contributed by atoms with van der Waals surface area (Å²) in [6, 6.07) is 0. The molecule has 0 saturated carbocycles. The van der Waals surface area contributed by atoms with Gasteiger partial charge in [0.25, 0.3) is 0 Å². The quantitative estimate of drug-likeness (QED) is 0.793. The summed E-state index contributed by atoms with van der Waals surface area (Å²) < 4.78 is 0. The van der Waals surface area contributed by atoms with Crippen molar-refractivity contribution >= 4 is 5.96 Å². The van der Waals surface area contributed by atoms with Crippen LogP contribution in [-0.2, 0) is 0 Å². The van der Waals surface area contributed by atoms with E-state index in [0.717, 1.165) is 31.5 Å². The van der Waals surface area contributed by atoms with Gasteiger partial charge in [-0.1, -0.05) is 6.92 Å². The molecule has 0 bridgehead atoms. The van der Waals surface area contributed by atoms with Crippen LogP contribution in [0.15, 0.2) is 4.99 Å². The molecule has 4 heteroatoms. The molecule has 0 spiro atoms. The average molecular weight is 238 g/mol. The van der Waals surface area contributed by atoms with Crippen LogP contribution in [0.25, 0.3) is 0 Å². The molecular formula is C13H26N4. The first kappa shape index (κ1) is 12.7. The minimum atomic E-state index is 0.914. The maximum Gasteiger partial charge on any atom is 0.193 e. The third kappa shape index (κ3) is 3.60. The molecule has 0 aromatic rings. The summed E-state index contributed by atoms with van der Waals surface area (Å²) in [5.74, 6) is 2.01. The van der Waals surface area contributed by atoms with Crippen molar-refractivity contribution in [1.29, 1.82) is 0 Å². The lowest BCUT2D eigenvalue weighted by Crippen LogP contribution is -2.38. The molecular weight excluding hydrogens is 212 g/mol. The van der Waals surface area contributed by atoms with Gasteiger partial charge in [0.15, 0.2) is 5.96 Å². The summed E-state index contributed by atoms with van der Waals surface area (Å²) in [6.45, 7) is 9.16. The molecule has 2 heterocycles. The van der Waals surface area contributed by atoms with Gasteiger partial charge in [0.2, 0.25) is 0 Å². The Bertz CT molecular complexity index is 256. The number of nitrogens with zero attached hydrogens (tertiary/aromatic N) is 3. The summed E-state index contributed by atoms with van der Waals surface area (Å²) >= 11 is 0. The number of aliphatic imine (C=N–C) groups is 1. The van der Waals surface area contributed by atoms with Crippen molar-refractivity contribution in [3.63, 3.8) is 0 Å². The van der Waals surface area contributed by atoms with Crippen LogP contribution in [0.2, 0.25) is 0 Å². The van der Waals surface area contributed by atoms with Gasteiger partial charge in [0.1, 0.15) is 0 Å². The van der Waals surface area contributed by atoms with E-state index in [4.69, 9.17) is 0 Å². The maximum absolute atomic E-state index is 4.45. The molecule has 1 saturated heterocycles. The van der Waals surface area contributed by atoms with Crippen LogP contribution in [0.5, 0.6) is 0 Å². The molecule has 1 N–H and O–H groups in total. The molecule has 1 fully saturated rings. The van der Waals surface area contributed by atoms with E-state index in [1.807, 2.05) is 0 Å². The Kier molecular flexibility index (Phi) is 4.66. The first-order valence-electron chi connectivity index (χ1n) is 7.01. The van der Waals surface area contributed by atoms with Gasteiger partial charge in [0.05, 0.1) is 6.54 Å². The van der Waals surface area contributed by atoms with Crippen LogP contribution >= 0.6 is 0 Å². The number of piperidine rings is 1. The molecule has 0 aliphatic carbocycles. The number of likely N-dealkylation sites (tertiary alicyclic amines) is 1. The van der Waals surface area contributed by atoms with Gasteiger partial charge in [-0.3, -0.25) is 4.99 Å². The summed E-state index contributed by atoms with van der Waals surface area (Å²) in [4.78, 5) is 9.21. The first-order chi connectivity index (χ1) is 8.29. The van der Waals surface area contributed by atoms with Gasteiger partial charge in [0, 0.05) is 20.1 Å². The van der Waals surface area contributed by atoms with Crippen LogP contribution in [0.3, 0.4) is 0 Å². The third-order valence-electron chi connectivity index (χ3n) is 4.05. The molecule has 0 radical (unpaired) electrons. The third-order valence-corrected chi connectivity index (χ3v) is 4.05. The predicted molar refractivity (Wildman–Crippen MR) is 72.4 cm³/mol. The normalized spacial score (nSPS) is 22.9. The number of hydrogen-bond acceptors (Lipinski definition) is 4. The lowest BCUT2D eigenvalue weighted by molar-refractivity contribution is 0.187. The van der Waals surface area contributed by atoms with Crippen LogP contribution < -0.4 is 5.32 Å². The number of guanidine groups is 1. The highest BCUT2D eigenvalue weighted by atomic mass is 15.3. The van der Waals surface area contributed by atoms with Gasteiger partial charge in [-0.2, -0.15) is 0 Å². The second kappa shape index (κ2) is 6.24. The van der Waals surface area contributed by atoms with Crippen LogP contribution in [0.4, 0.5) is 0 Å². The Morgan fingerprint density at radius 1 is 1.29 bits per heavy atom. The Hall–Kier alpha value is -0.770. The Morgan fingerprint density at radius 2 is 2.06 bits per heavy atom. The van der Waals surface area contributed by atoms with Gasteiger partial charge in [-0.25, -0.2) is 0 Å². The number of rotatable bonds is 4. The largest absolute Gasteiger partial charge is 0.356 e. The summed E-state index contributed by atoms with van der Waals surface area (Å²) in [5, 5.41) is 3.47. The molecule has 2 aliphatic heterocycles. The monoisotopic (exact) mass is 238 g/mol. The number of likely N-dealkylation sites (N-methyl/N-ethyl adjacent to an activating group) is 1. The minimum absolute atomic E-state index is 0.914. The first-order valence-corrected chi connectivity index (χ1v) is 7.01. The molecule has 0 aromatic heterocycles. The van der Waals surface area contributed by atoms with Crippen molar-refractivity contribution < 1.29 is 0 Å². The smallest absolute Gasteiger partial charge is 0.193 e. The maximum atomic E-state index is 4.45. The number of nitrogens with one attached hydrogen (secondary N) is 1. The summed E-state index contributed by atoms with van der Waals surface area (Å²) in [6.07, 6.45) is 4.04. The fraction of sp³-hybridized carbons (Fsp3) is 0.923. The highest BCUT2D eigenvalue weighted by Gasteiger charge is 2.18. The molecule has 4 nitrogen and oxygen atoms in total. The second-order valence-electron chi connectivity index (χ2n) is 5.22. The average Bonchev–Trinajstić information content (AvgIpc) is 2.76. The SMILES string of the molecule is CCN1CCC(CCNC2=NCCN2C)CC1. The Balaban J connectivity index is 1.60. The number of hydrogen-bond donors (Lipinski definition) is 1. The zero-order valence-corrected chi connectivity index (χ0v) is 11.3. The molecule has 0 aromatic carbocycles. The lowest BCUT2D eigenvalue weighted by atomic mass is 9.93. The summed E-state index contributed by atoms with van der Waals surface area (Å²) in [7, 11) is 2.11. The van der Waals surface area contributed by atoms with Gasteiger partial charge < -0.3 is 15.1 Å². The molecule has 0 atom stereocenters. The van der Waals surface area contributed by atoms with E-state index < -0.39 is 0 Å². The topological polar surface area (TPSA) is 30.9 Å². The second-order valence-corrected chi connectivity index (χ2v) is 5.22. The van der Waals surface area contributed by atoms with Gasteiger partial charge >= 0.3 is 0 Å². The standard InChI is InChI=1S/C13H26N4/c1-3-17-9-5-12(6-10-17)4-7-14-13-15-8-11-16(13)2/h12H,3-11H2,1-2H3,(H,14,15). The van der Waals surface area contributed by atoms with Crippen molar-refractivity contribution in [2.24, 2.45) is 10.9 Å². The zero-order valence-electron chi connectivity index (χ0n) is 11.3. The van der Waals surface area contributed by atoms with Gasteiger partial charge in [-0.05, 0) is 44.8 Å². The fourth-order valence-electron chi connectivity index (χ4n) is 2.70. The molecule has 17 heavy (non-hydrogen) atoms. The Labute approximate surface area is 105 Å². The van der Waals surface area contributed by atoms with E-state index >= 15 is 0 Å². The highest BCUT2D eigenvalue weighted by molar-refractivity contribution is 5.81. The van der Waals surface area contributed by atoms with Crippen molar-refractivity contribution in [1.82, 2.24) is 15.1 Å². The fourth-order valence-corrected chi connectivity index (χ4v) is 2.70. The zero-order chi connectivity index (χ0) is 12.1. The van der Waals surface area contributed by atoms with Crippen LogP contribution in [0, 0.1) is 5.92 Å². The van der Waals surface area contributed by atoms with E-state index in [9.17, 15) is 0 Å². The van der Waals surface area contributed by atoms with E-state index in [1.165, 1.54) is 38.9 Å². The molecule has 0 amide bonds. The van der Waals surface area contributed by atoms with Crippen molar-refractivity contribution in [3.05, 3.63) is 0 Å². The highest BCUT2D eigenvalue weighted by Crippen LogP contribution is 2.19. The van der Waals surface area contributed by atoms with Crippen molar-refractivity contribution in [2.75, 3.05) is 46.3 Å².